The zero-order valence-corrected chi connectivity index (χ0v) is 21.8. The van der Waals surface area contributed by atoms with E-state index >= 15 is 0 Å². The first-order valence-electron chi connectivity index (χ1n) is 10.8. The second-order valence-corrected chi connectivity index (χ2v) is 10.8. The zero-order valence-electron chi connectivity index (χ0n) is 20.2. The average Bonchev–Trinajstić information content (AvgIpc) is 3.36. The molecule has 2 aromatic rings. The maximum atomic E-state index is 13.7. The molecule has 0 radical (unpaired) electrons. The summed E-state index contributed by atoms with van der Waals surface area (Å²) in [6.07, 6.45) is -4.52. The van der Waals surface area contributed by atoms with Gasteiger partial charge >= 0.3 is 5.97 Å². The molecule has 0 spiro atoms. The number of hydrogen-bond donors (Lipinski definition) is 1. The van der Waals surface area contributed by atoms with Gasteiger partial charge in [-0.1, -0.05) is 11.6 Å². The molecule has 2 atom stereocenters. The number of carboxylic acids is 1. The van der Waals surface area contributed by atoms with Crippen molar-refractivity contribution in [2.75, 3.05) is 19.8 Å². The van der Waals surface area contributed by atoms with E-state index in [1.807, 2.05) is 0 Å². The van der Waals surface area contributed by atoms with Gasteiger partial charge in [0, 0.05) is 31.0 Å². The predicted molar refractivity (Wildman–Crippen MR) is 127 cm³/mol. The minimum Gasteiger partial charge on any atom is -0.480 e. The minimum absolute atomic E-state index is 0.0423. The fourth-order valence-corrected chi connectivity index (χ4v) is 5.57. The first-order chi connectivity index (χ1) is 17.2. The quantitative estimate of drug-likeness (QED) is 0.436. The van der Waals surface area contributed by atoms with Gasteiger partial charge in [-0.25, -0.2) is 21.6 Å². The van der Waals surface area contributed by atoms with Crippen molar-refractivity contribution in [3.8, 4) is 0 Å². The smallest absolute Gasteiger partial charge is 0.323 e. The Morgan fingerprint density at radius 1 is 1.27 bits per heavy atom. The molecule has 1 N–H and O–H groups in total. The molecule has 3 rings (SSSR count). The van der Waals surface area contributed by atoms with E-state index in [1.165, 1.54) is 22.8 Å². The highest BCUT2D eigenvalue weighted by molar-refractivity contribution is 7.90. The van der Waals surface area contributed by atoms with Gasteiger partial charge in [0.15, 0.2) is 21.0 Å². The highest BCUT2D eigenvalue weighted by atomic mass is 35.5. The molecule has 1 aromatic heterocycles. The summed E-state index contributed by atoms with van der Waals surface area (Å²) in [7, 11) is -2.41. The summed E-state index contributed by atoms with van der Waals surface area (Å²) in [5, 5.41) is 19.6. The molecule has 2 unspecified atom stereocenters. The highest BCUT2D eigenvalue weighted by Gasteiger charge is 2.52. The topological polar surface area (TPSA) is 131 Å². The number of aryl methyl sites for hydroxylation is 1. The molecule has 0 fully saturated rings. The molecule has 1 aromatic carbocycles. The van der Waals surface area contributed by atoms with E-state index in [2.05, 4.69) is 14.9 Å². The van der Waals surface area contributed by atoms with Crippen LogP contribution in [0, 0.1) is 0 Å². The monoisotopic (exact) mass is 564 g/mol. The fourth-order valence-electron chi connectivity index (χ4n) is 4.29. The van der Waals surface area contributed by atoms with E-state index in [0.717, 1.165) is 18.4 Å². The number of alkyl halides is 3. The Kier molecular flexibility index (Phi) is 8.05. The molecule has 2 heterocycles. The molecule has 15 heteroatoms. The summed E-state index contributed by atoms with van der Waals surface area (Å²) in [5.74, 6) is -2.08. The maximum absolute atomic E-state index is 13.7. The minimum atomic E-state index is -3.99. The molecule has 0 amide bonds. The summed E-state index contributed by atoms with van der Waals surface area (Å²) in [5.41, 5.74) is -2.28. The first kappa shape index (κ1) is 28.6. The Morgan fingerprint density at radius 3 is 2.41 bits per heavy atom. The number of rotatable bonds is 10. The Labute approximate surface area is 215 Å². The largest absolute Gasteiger partial charge is 0.480 e. The summed E-state index contributed by atoms with van der Waals surface area (Å²) in [6, 6.07) is 2.13. The summed E-state index contributed by atoms with van der Waals surface area (Å²) in [4.78, 5) is 25.8. The molecule has 0 saturated carbocycles. The fraction of sp³-hybridized carbons (Fsp3) is 0.455. The Hall–Kier alpha value is -2.97. The lowest BCUT2D eigenvalue weighted by atomic mass is 9.77. The van der Waals surface area contributed by atoms with E-state index in [4.69, 9.17) is 11.6 Å². The Bertz CT molecular complexity index is 1380. The molecule has 202 valence electrons. The van der Waals surface area contributed by atoms with Crippen molar-refractivity contribution in [2.24, 2.45) is 5.10 Å². The van der Waals surface area contributed by atoms with Crippen LogP contribution in [0.15, 0.2) is 28.3 Å². The van der Waals surface area contributed by atoms with Crippen LogP contribution in [0.5, 0.6) is 0 Å². The predicted octanol–water partition coefficient (Wildman–Crippen LogP) is 2.91. The van der Waals surface area contributed by atoms with Gasteiger partial charge in [0.05, 0.1) is 46.2 Å². The van der Waals surface area contributed by atoms with Gasteiger partial charge in [0.25, 0.3) is 12.8 Å². The Balaban J connectivity index is 2.20. The molecule has 0 saturated heterocycles. The number of hydrogen-bond acceptors (Lipinski definition) is 8. The maximum Gasteiger partial charge on any atom is 0.323 e. The van der Waals surface area contributed by atoms with Crippen LogP contribution in [0.2, 0.25) is 5.02 Å². The number of aliphatic carboxylic acids is 1. The number of likely N-dealkylation sites (N-methyl/N-ethyl adjacent to an activating group) is 1. The second-order valence-electron chi connectivity index (χ2n) is 8.44. The SMILES string of the molecule is CCn1ncc(C(=O)c2ccc(S(C)(=O)=O)c(COC(F)C(F)F)c2Cl)c1C1(C(=O)O)CN(C)N=C1C. The number of carbonyl (C=O) groups is 2. The lowest BCUT2D eigenvalue weighted by molar-refractivity contribution is -0.141. The number of aromatic nitrogens is 2. The number of ketones is 1. The third-order valence-electron chi connectivity index (χ3n) is 5.99. The van der Waals surface area contributed by atoms with Crippen molar-refractivity contribution < 1.29 is 41.0 Å². The van der Waals surface area contributed by atoms with Crippen LogP contribution >= 0.6 is 11.6 Å². The van der Waals surface area contributed by atoms with Gasteiger partial charge < -0.3 is 9.84 Å². The molecule has 37 heavy (non-hydrogen) atoms. The van der Waals surface area contributed by atoms with Crippen LogP contribution < -0.4 is 0 Å². The number of hydrazone groups is 1. The van der Waals surface area contributed by atoms with Gasteiger partial charge in [-0.3, -0.25) is 19.3 Å². The molecule has 0 bridgehead atoms. The Morgan fingerprint density at radius 2 is 1.92 bits per heavy atom. The number of benzene rings is 1. The van der Waals surface area contributed by atoms with Gasteiger partial charge in [-0.15, -0.1) is 0 Å². The number of halogens is 4. The van der Waals surface area contributed by atoms with Crippen molar-refractivity contribution in [2.45, 2.75) is 50.1 Å². The van der Waals surface area contributed by atoms with Crippen LogP contribution in [-0.2, 0) is 37.9 Å². The standard InChI is InChI=1S/C22H24ClF3N4O6S/c1-5-30-18(22(21(32)33)10-29(3)28-11(22)2)13(8-27-30)17(31)12-6-7-15(37(4,34)35)14(16(12)23)9-36-20(26)19(24)25/h6-8,19-20H,5,9-10H2,1-4H3,(H,32,33). The lowest BCUT2D eigenvalue weighted by Crippen LogP contribution is -2.47. The molecule has 1 aliphatic heterocycles. The number of sulfone groups is 1. The molecule has 1 aliphatic rings. The molecular formula is C22H24ClF3N4O6S. The van der Waals surface area contributed by atoms with E-state index in [0.29, 0.717) is 0 Å². The summed E-state index contributed by atoms with van der Waals surface area (Å²) < 4.78 is 69.0. The van der Waals surface area contributed by atoms with E-state index in [1.54, 1.807) is 14.0 Å². The first-order valence-corrected chi connectivity index (χ1v) is 13.1. The number of nitrogens with zero attached hydrogens (tertiary/aromatic N) is 4. The van der Waals surface area contributed by atoms with Crippen molar-refractivity contribution >= 4 is 38.9 Å². The van der Waals surface area contributed by atoms with Gasteiger partial charge in [-0.2, -0.15) is 10.2 Å². The van der Waals surface area contributed by atoms with E-state index in [9.17, 15) is 36.3 Å². The van der Waals surface area contributed by atoms with Crippen molar-refractivity contribution in [1.82, 2.24) is 14.8 Å². The number of carbonyl (C=O) groups excluding carboxylic acids is 1. The van der Waals surface area contributed by atoms with Crippen LogP contribution in [-0.4, -0.2) is 78.4 Å². The van der Waals surface area contributed by atoms with Crippen LogP contribution in [0.4, 0.5) is 13.2 Å². The van der Waals surface area contributed by atoms with Gasteiger partial charge in [-0.05, 0) is 26.0 Å². The van der Waals surface area contributed by atoms with Crippen molar-refractivity contribution in [3.63, 3.8) is 0 Å². The number of ether oxygens (including phenoxy) is 1. The molecule has 10 nitrogen and oxygen atoms in total. The average molecular weight is 565 g/mol. The third kappa shape index (κ3) is 5.09. The summed E-state index contributed by atoms with van der Waals surface area (Å²) >= 11 is 6.38. The summed E-state index contributed by atoms with van der Waals surface area (Å²) in [6.45, 7) is 2.36. The number of carboxylic acid groups (broad SMARTS) is 1. The van der Waals surface area contributed by atoms with E-state index in [-0.39, 0.29) is 35.6 Å². The van der Waals surface area contributed by atoms with Crippen molar-refractivity contribution in [3.05, 3.63) is 45.7 Å². The lowest BCUT2D eigenvalue weighted by Gasteiger charge is -2.27. The molecule has 0 aliphatic carbocycles. The van der Waals surface area contributed by atoms with Gasteiger partial charge in [0.2, 0.25) is 0 Å². The van der Waals surface area contributed by atoms with Gasteiger partial charge in [0.1, 0.15) is 0 Å². The third-order valence-corrected chi connectivity index (χ3v) is 7.60. The normalized spacial score (nSPS) is 18.8. The van der Waals surface area contributed by atoms with Crippen LogP contribution in [0.3, 0.4) is 0 Å². The molecular weight excluding hydrogens is 541 g/mol. The van der Waals surface area contributed by atoms with Crippen molar-refractivity contribution in [1.29, 1.82) is 0 Å². The second kappa shape index (κ2) is 10.4. The van der Waals surface area contributed by atoms with Crippen LogP contribution in [0.25, 0.3) is 0 Å². The van der Waals surface area contributed by atoms with Crippen LogP contribution in [0.1, 0.15) is 41.0 Å². The zero-order chi connectivity index (χ0) is 27.9. The van der Waals surface area contributed by atoms with E-state index < -0.39 is 61.9 Å². The highest BCUT2D eigenvalue weighted by Crippen LogP contribution is 2.37.